The molecule has 0 saturated carbocycles. The average molecular weight is 480 g/mol. The van der Waals surface area contributed by atoms with Crippen molar-refractivity contribution >= 4 is 29.9 Å². The Hall–Kier alpha value is -0.900. The summed E-state index contributed by atoms with van der Waals surface area (Å²) >= 11 is 0. The second kappa shape index (κ2) is 13.3. The molecule has 3 N–H and O–H groups in total. The minimum absolute atomic E-state index is 0. The van der Waals surface area contributed by atoms with Gasteiger partial charge in [-0.1, -0.05) is 27.2 Å². The summed E-state index contributed by atoms with van der Waals surface area (Å²) in [5.74, 6) is 2.54. The Bertz CT molecular complexity index is 528. The fourth-order valence-corrected chi connectivity index (χ4v) is 2.75. The van der Waals surface area contributed by atoms with Gasteiger partial charge in [0.15, 0.2) is 11.8 Å². The maximum Gasteiger partial charge on any atom is 0.191 e. The molecule has 0 fully saturated rings. The number of hydrogen-bond acceptors (Lipinski definition) is 4. The molecule has 0 bridgehead atoms. The van der Waals surface area contributed by atoms with Crippen LogP contribution in [0.4, 0.5) is 0 Å². The number of unbranched alkanes of at least 4 members (excludes halogenated alkanes) is 1. The van der Waals surface area contributed by atoms with Crippen molar-refractivity contribution in [1.29, 1.82) is 0 Å². The fourth-order valence-electron chi connectivity index (χ4n) is 2.75. The van der Waals surface area contributed by atoms with Crippen molar-refractivity contribution in [2.75, 3.05) is 19.7 Å². The first-order valence-corrected chi connectivity index (χ1v) is 9.49. The number of aliphatic imine (C=N–C) groups is 1. The van der Waals surface area contributed by atoms with Crippen LogP contribution in [0.25, 0.3) is 0 Å². The summed E-state index contributed by atoms with van der Waals surface area (Å²) < 4.78 is 1.96. The van der Waals surface area contributed by atoms with Crippen LogP contribution < -0.4 is 10.6 Å². The molecule has 26 heavy (non-hydrogen) atoms. The highest BCUT2D eigenvalue weighted by Crippen LogP contribution is 2.29. The Morgan fingerprint density at radius 2 is 1.88 bits per heavy atom. The molecule has 7 nitrogen and oxygen atoms in total. The first-order valence-electron chi connectivity index (χ1n) is 9.49. The number of aromatic nitrogens is 3. The van der Waals surface area contributed by atoms with Gasteiger partial charge in [-0.25, -0.2) is 4.99 Å². The lowest BCUT2D eigenvalue weighted by molar-refractivity contribution is 0.169. The van der Waals surface area contributed by atoms with Crippen molar-refractivity contribution < 1.29 is 5.11 Å². The van der Waals surface area contributed by atoms with Crippen LogP contribution >= 0.6 is 24.0 Å². The largest absolute Gasteiger partial charge is 0.396 e. The number of nitrogens with zero attached hydrogens (tertiary/aromatic N) is 4. The van der Waals surface area contributed by atoms with E-state index in [0.29, 0.717) is 6.54 Å². The third-order valence-corrected chi connectivity index (χ3v) is 5.16. The van der Waals surface area contributed by atoms with Gasteiger partial charge in [-0.2, -0.15) is 0 Å². The third kappa shape index (κ3) is 7.77. The molecule has 0 radical (unpaired) electrons. The van der Waals surface area contributed by atoms with E-state index < -0.39 is 0 Å². The number of aliphatic hydroxyl groups is 1. The van der Waals surface area contributed by atoms with Crippen LogP contribution in [0.3, 0.4) is 0 Å². The molecule has 0 unspecified atom stereocenters. The highest BCUT2D eigenvalue weighted by Gasteiger charge is 2.25. The second-order valence-corrected chi connectivity index (χ2v) is 6.70. The van der Waals surface area contributed by atoms with Gasteiger partial charge < -0.3 is 20.3 Å². The summed E-state index contributed by atoms with van der Waals surface area (Å²) in [6.07, 6.45) is 5.11. The summed E-state index contributed by atoms with van der Waals surface area (Å²) in [4.78, 5) is 4.68. The molecule has 0 aliphatic carbocycles. The van der Waals surface area contributed by atoms with E-state index in [1.807, 2.05) is 18.5 Å². The van der Waals surface area contributed by atoms with Crippen molar-refractivity contribution in [3.05, 3.63) is 11.6 Å². The molecule has 0 aromatic carbocycles. The van der Waals surface area contributed by atoms with Crippen molar-refractivity contribution in [3.63, 3.8) is 0 Å². The number of hydrogen-bond donors (Lipinski definition) is 3. The molecule has 0 spiro atoms. The number of halogens is 1. The predicted octanol–water partition coefficient (Wildman–Crippen LogP) is 2.77. The van der Waals surface area contributed by atoms with E-state index in [0.717, 1.165) is 62.8 Å². The minimum Gasteiger partial charge on any atom is -0.396 e. The first kappa shape index (κ1) is 25.1. The molecular formula is C18H37IN6O. The summed E-state index contributed by atoms with van der Waals surface area (Å²) in [7, 11) is 1.96. The van der Waals surface area contributed by atoms with Gasteiger partial charge in [-0.05, 0) is 38.0 Å². The normalized spacial score (nSPS) is 12.0. The van der Waals surface area contributed by atoms with E-state index in [4.69, 9.17) is 0 Å². The Morgan fingerprint density at radius 1 is 1.19 bits per heavy atom. The van der Waals surface area contributed by atoms with E-state index >= 15 is 0 Å². The van der Waals surface area contributed by atoms with Crippen molar-refractivity contribution in [1.82, 2.24) is 25.4 Å². The lowest BCUT2D eigenvalue weighted by atomic mass is 9.79. The zero-order chi connectivity index (χ0) is 18.7. The van der Waals surface area contributed by atoms with Crippen LogP contribution in [0.5, 0.6) is 0 Å². The third-order valence-electron chi connectivity index (χ3n) is 5.16. The summed E-state index contributed by atoms with van der Waals surface area (Å²) in [6.45, 7) is 10.9. The van der Waals surface area contributed by atoms with Gasteiger partial charge in [-0.15, -0.1) is 34.2 Å². The van der Waals surface area contributed by atoms with Crippen LogP contribution in [-0.4, -0.2) is 45.5 Å². The zero-order valence-electron chi connectivity index (χ0n) is 17.0. The molecule has 1 heterocycles. The maximum absolute atomic E-state index is 9.40. The molecule has 0 amide bonds. The van der Waals surface area contributed by atoms with Gasteiger partial charge >= 0.3 is 0 Å². The summed E-state index contributed by atoms with van der Waals surface area (Å²) in [6, 6.07) is 0. The van der Waals surface area contributed by atoms with Crippen molar-refractivity contribution in [2.24, 2.45) is 17.5 Å². The second-order valence-electron chi connectivity index (χ2n) is 6.70. The van der Waals surface area contributed by atoms with E-state index in [2.05, 4.69) is 46.6 Å². The molecular weight excluding hydrogens is 443 g/mol. The monoisotopic (exact) mass is 480 g/mol. The molecule has 0 aliphatic rings. The number of aryl methyl sites for hydroxylation is 1. The van der Waals surface area contributed by atoms with Gasteiger partial charge in [0, 0.05) is 26.7 Å². The lowest BCUT2D eigenvalue weighted by Gasteiger charge is -2.32. The average Bonchev–Trinajstić information content (AvgIpc) is 2.94. The first-order chi connectivity index (χ1) is 12.0. The van der Waals surface area contributed by atoms with Gasteiger partial charge in [0.2, 0.25) is 0 Å². The zero-order valence-corrected chi connectivity index (χ0v) is 19.3. The molecule has 0 atom stereocenters. The Labute approximate surface area is 175 Å². The molecule has 0 aliphatic heterocycles. The summed E-state index contributed by atoms with van der Waals surface area (Å²) in [5, 5.41) is 24.5. The minimum atomic E-state index is 0. The molecule has 152 valence electrons. The molecule has 1 aromatic heterocycles. The lowest BCUT2D eigenvalue weighted by Crippen LogP contribution is -2.44. The van der Waals surface area contributed by atoms with Gasteiger partial charge in [-0.3, -0.25) is 0 Å². The summed E-state index contributed by atoms with van der Waals surface area (Å²) in [5.41, 5.74) is 0.101. The Morgan fingerprint density at radius 3 is 2.38 bits per heavy atom. The molecule has 1 rings (SSSR count). The van der Waals surface area contributed by atoms with Crippen LogP contribution in [-0.2, 0) is 13.6 Å². The quantitative estimate of drug-likeness (QED) is 0.196. The van der Waals surface area contributed by atoms with Gasteiger partial charge in [0.25, 0.3) is 0 Å². The topological polar surface area (TPSA) is 87.4 Å². The van der Waals surface area contributed by atoms with Crippen LogP contribution in [0.15, 0.2) is 4.99 Å². The van der Waals surface area contributed by atoms with Crippen LogP contribution in [0.2, 0.25) is 0 Å². The van der Waals surface area contributed by atoms with E-state index in [-0.39, 0.29) is 36.0 Å². The Kier molecular flexibility index (Phi) is 12.8. The SMILES string of the molecule is CCCCNC(=NCc1nnc(C)n1C)NCC(CC)(CC)CCO.I. The number of aliphatic hydroxyl groups excluding tert-OH is 1. The van der Waals surface area contributed by atoms with E-state index in [9.17, 15) is 5.11 Å². The van der Waals surface area contributed by atoms with E-state index in [1.165, 1.54) is 0 Å². The standard InChI is InChI=1S/C18H36N6O.HI/c1-6-9-11-19-17(20-13-16-23-22-15(4)24(16)5)21-14-18(7-2,8-3)10-12-25;/h25H,6-14H2,1-5H3,(H2,19,20,21);1H. The van der Waals surface area contributed by atoms with Gasteiger partial charge in [0.1, 0.15) is 12.4 Å². The predicted molar refractivity (Wildman–Crippen MR) is 118 cm³/mol. The van der Waals surface area contributed by atoms with Crippen molar-refractivity contribution in [3.8, 4) is 0 Å². The Balaban J connectivity index is 0.00000625. The fraction of sp³-hybridized carbons (Fsp3) is 0.833. The number of rotatable bonds is 11. The number of nitrogens with one attached hydrogen (secondary N) is 2. The molecule has 0 saturated heterocycles. The van der Waals surface area contributed by atoms with Crippen LogP contribution in [0, 0.1) is 12.3 Å². The molecule has 8 heteroatoms. The number of guanidine groups is 1. The van der Waals surface area contributed by atoms with Crippen LogP contribution in [0.1, 0.15) is 64.5 Å². The van der Waals surface area contributed by atoms with Crippen molar-refractivity contribution in [2.45, 2.75) is 66.3 Å². The highest BCUT2D eigenvalue weighted by atomic mass is 127. The van der Waals surface area contributed by atoms with E-state index in [1.54, 1.807) is 0 Å². The maximum atomic E-state index is 9.40. The van der Waals surface area contributed by atoms with Gasteiger partial charge in [0.05, 0.1) is 0 Å². The highest BCUT2D eigenvalue weighted by molar-refractivity contribution is 14.0. The molecule has 1 aromatic rings. The smallest absolute Gasteiger partial charge is 0.191 e.